The van der Waals surface area contributed by atoms with Crippen molar-refractivity contribution < 1.29 is 9.90 Å². The van der Waals surface area contributed by atoms with Crippen LogP contribution in [0.15, 0.2) is 12.7 Å². The van der Waals surface area contributed by atoms with Gasteiger partial charge in [0.15, 0.2) is 0 Å². The molecule has 0 spiro atoms. The van der Waals surface area contributed by atoms with E-state index >= 15 is 0 Å². The summed E-state index contributed by atoms with van der Waals surface area (Å²) in [6, 6.07) is 0. The summed E-state index contributed by atoms with van der Waals surface area (Å²) in [6.07, 6.45) is 8.61. The van der Waals surface area contributed by atoms with Gasteiger partial charge in [-0.1, -0.05) is 19.3 Å². The van der Waals surface area contributed by atoms with E-state index in [9.17, 15) is 9.90 Å². The van der Waals surface area contributed by atoms with Crippen molar-refractivity contribution in [3.05, 3.63) is 12.7 Å². The van der Waals surface area contributed by atoms with Crippen LogP contribution in [-0.2, 0) is 11.3 Å². The SMILES string of the molecule is O=C(O)C1(CCn2cncn2)CCCCC1. The van der Waals surface area contributed by atoms with E-state index in [1.165, 1.54) is 12.7 Å². The van der Waals surface area contributed by atoms with Crippen LogP contribution in [0.2, 0.25) is 0 Å². The molecule has 0 unspecified atom stereocenters. The Kier molecular flexibility index (Phi) is 3.22. The molecule has 1 aromatic heterocycles. The second kappa shape index (κ2) is 4.63. The van der Waals surface area contributed by atoms with Crippen molar-refractivity contribution in [2.24, 2.45) is 5.41 Å². The van der Waals surface area contributed by atoms with Crippen LogP contribution in [0, 0.1) is 5.41 Å². The van der Waals surface area contributed by atoms with Gasteiger partial charge in [0.1, 0.15) is 12.7 Å². The third-order valence-corrected chi connectivity index (χ3v) is 3.55. The Balaban J connectivity index is 2.00. The van der Waals surface area contributed by atoms with Gasteiger partial charge in [-0.3, -0.25) is 9.48 Å². The molecule has 0 radical (unpaired) electrons. The number of hydrogen-bond donors (Lipinski definition) is 1. The fraction of sp³-hybridized carbons (Fsp3) is 0.727. The molecule has 1 saturated carbocycles. The Bertz CT molecular complexity index is 342. The lowest BCUT2D eigenvalue weighted by atomic mass is 9.72. The lowest BCUT2D eigenvalue weighted by Crippen LogP contribution is -2.34. The first kappa shape index (κ1) is 11.1. The standard InChI is InChI=1S/C11H17N3O2/c15-10(16)11(4-2-1-3-5-11)6-7-14-9-12-8-13-14/h8-9H,1-7H2,(H,15,16). The van der Waals surface area contributed by atoms with Crippen molar-refractivity contribution in [2.75, 3.05) is 0 Å². The molecular weight excluding hydrogens is 206 g/mol. The molecule has 16 heavy (non-hydrogen) atoms. The number of carboxylic acid groups (broad SMARTS) is 1. The molecule has 1 aliphatic rings. The molecule has 0 amide bonds. The fourth-order valence-corrected chi connectivity index (χ4v) is 2.48. The minimum absolute atomic E-state index is 0.524. The van der Waals surface area contributed by atoms with Crippen LogP contribution in [0.1, 0.15) is 38.5 Å². The van der Waals surface area contributed by atoms with Crippen LogP contribution in [0.5, 0.6) is 0 Å². The van der Waals surface area contributed by atoms with Gasteiger partial charge in [0, 0.05) is 6.54 Å². The van der Waals surface area contributed by atoms with Crippen molar-refractivity contribution >= 4 is 5.97 Å². The van der Waals surface area contributed by atoms with Crippen LogP contribution >= 0.6 is 0 Å². The minimum Gasteiger partial charge on any atom is -0.481 e. The van der Waals surface area contributed by atoms with Gasteiger partial charge in [-0.05, 0) is 19.3 Å². The Labute approximate surface area is 94.5 Å². The number of aryl methyl sites for hydroxylation is 1. The van der Waals surface area contributed by atoms with E-state index in [-0.39, 0.29) is 0 Å². The molecule has 5 nitrogen and oxygen atoms in total. The highest BCUT2D eigenvalue weighted by Crippen LogP contribution is 2.39. The number of carbonyl (C=O) groups is 1. The zero-order valence-corrected chi connectivity index (χ0v) is 9.30. The largest absolute Gasteiger partial charge is 0.481 e. The number of aliphatic carboxylic acids is 1. The first-order chi connectivity index (χ1) is 7.73. The Morgan fingerprint density at radius 1 is 1.38 bits per heavy atom. The molecule has 1 fully saturated rings. The van der Waals surface area contributed by atoms with Crippen LogP contribution in [0.25, 0.3) is 0 Å². The Morgan fingerprint density at radius 3 is 2.69 bits per heavy atom. The normalized spacial score (nSPS) is 19.5. The maximum atomic E-state index is 11.4. The van der Waals surface area contributed by atoms with Gasteiger partial charge in [0.05, 0.1) is 5.41 Å². The predicted molar refractivity (Wildman–Crippen MR) is 57.8 cm³/mol. The van der Waals surface area contributed by atoms with E-state index in [1.807, 2.05) is 0 Å². The topological polar surface area (TPSA) is 68.0 Å². The van der Waals surface area contributed by atoms with Gasteiger partial charge in [0.25, 0.3) is 0 Å². The van der Waals surface area contributed by atoms with E-state index in [0.29, 0.717) is 13.0 Å². The number of nitrogens with zero attached hydrogens (tertiary/aromatic N) is 3. The molecule has 0 aromatic carbocycles. The molecule has 1 aliphatic carbocycles. The molecular formula is C11H17N3O2. The van der Waals surface area contributed by atoms with Crippen molar-refractivity contribution in [2.45, 2.75) is 45.1 Å². The van der Waals surface area contributed by atoms with Crippen LogP contribution in [0.3, 0.4) is 0 Å². The van der Waals surface area contributed by atoms with Gasteiger partial charge in [-0.25, -0.2) is 4.98 Å². The lowest BCUT2D eigenvalue weighted by Gasteiger charge is -2.33. The van der Waals surface area contributed by atoms with Gasteiger partial charge >= 0.3 is 5.97 Å². The number of aromatic nitrogens is 3. The molecule has 0 aliphatic heterocycles. The third-order valence-electron chi connectivity index (χ3n) is 3.55. The first-order valence-electron chi connectivity index (χ1n) is 5.79. The van der Waals surface area contributed by atoms with E-state index in [1.54, 1.807) is 11.0 Å². The molecule has 1 N–H and O–H groups in total. The number of rotatable bonds is 4. The van der Waals surface area contributed by atoms with Crippen molar-refractivity contribution in [3.8, 4) is 0 Å². The van der Waals surface area contributed by atoms with Crippen LogP contribution < -0.4 is 0 Å². The van der Waals surface area contributed by atoms with E-state index < -0.39 is 11.4 Å². The first-order valence-corrected chi connectivity index (χ1v) is 5.79. The summed E-state index contributed by atoms with van der Waals surface area (Å²) < 4.78 is 1.71. The monoisotopic (exact) mass is 223 g/mol. The van der Waals surface area contributed by atoms with Gasteiger partial charge < -0.3 is 5.11 Å². The molecule has 88 valence electrons. The molecule has 5 heteroatoms. The molecule has 0 saturated heterocycles. The summed E-state index contributed by atoms with van der Waals surface area (Å²) in [7, 11) is 0. The third kappa shape index (κ3) is 2.23. The molecule has 1 heterocycles. The zero-order chi connectivity index (χ0) is 11.4. The van der Waals surface area contributed by atoms with Crippen molar-refractivity contribution in [1.29, 1.82) is 0 Å². The molecule has 2 rings (SSSR count). The zero-order valence-electron chi connectivity index (χ0n) is 9.30. The quantitative estimate of drug-likeness (QED) is 0.843. The maximum Gasteiger partial charge on any atom is 0.309 e. The number of carboxylic acids is 1. The second-order valence-corrected chi connectivity index (χ2v) is 4.55. The van der Waals surface area contributed by atoms with Crippen molar-refractivity contribution in [1.82, 2.24) is 14.8 Å². The average molecular weight is 223 g/mol. The van der Waals surface area contributed by atoms with E-state index in [2.05, 4.69) is 10.1 Å². The molecule has 0 atom stereocenters. The Hall–Kier alpha value is -1.39. The summed E-state index contributed by atoms with van der Waals surface area (Å²) in [4.78, 5) is 15.2. The van der Waals surface area contributed by atoms with E-state index in [0.717, 1.165) is 25.7 Å². The van der Waals surface area contributed by atoms with Gasteiger partial charge in [0.2, 0.25) is 0 Å². The summed E-state index contributed by atoms with van der Waals surface area (Å²) in [5.74, 6) is -0.646. The molecule has 1 aromatic rings. The highest BCUT2D eigenvalue weighted by Gasteiger charge is 2.39. The van der Waals surface area contributed by atoms with Gasteiger partial charge in [-0.15, -0.1) is 0 Å². The van der Waals surface area contributed by atoms with E-state index in [4.69, 9.17) is 0 Å². The Morgan fingerprint density at radius 2 is 2.12 bits per heavy atom. The van der Waals surface area contributed by atoms with Crippen molar-refractivity contribution in [3.63, 3.8) is 0 Å². The predicted octanol–water partition coefficient (Wildman–Crippen LogP) is 1.70. The average Bonchev–Trinajstić information content (AvgIpc) is 2.80. The highest BCUT2D eigenvalue weighted by molar-refractivity contribution is 5.74. The second-order valence-electron chi connectivity index (χ2n) is 4.55. The summed E-state index contributed by atoms with van der Waals surface area (Å²) in [5, 5.41) is 13.4. The lowest BCUT2D eigenvalue weighted by molar-refractivity contribution is -0.151. The summed E-state index contributed by atoms with van der Waals surface area (Å²) >= 11 is 0. The molecule has 0 bridgehead atoms. The summed E-state index contributed by atoms with van der Waals surface area (Å²) in [6.45, 7) is 0.645. The number of hydrogen-bond acceptors (Lipinski definition) is 3. The van der Waals surface area contributed by atoms with Crippen LogP contribution in [-0.4, -0.2) is 25.8 Å². The highest BCUT2D eigenvalue weighted by atomic mass is 16.4. The smallest absolute Gasteiger partial charge is 0.309 e. The van der Waals surface area contributed by atoms with Gasteiger partial charge in [-0.2, -0.15) is 5.10 Å². The minimum atomic E-state index is -0.646. The summed E-state index contributed by atoms with van der Waals surface area (Å²) in [5.41, 5.74) is -0.524. The maximum absolute atomic E-state index is 11.4. The van der Waals surface area contributed by atoms with Crippen LogP contribution in [0.4, 0.5) is 0 Å². The fourth-order valence-electron chi connectivity index (χ4n) is 2.48.